The van der Waals surface area contributed by atoms with Crippen LogP contribution in [0.15, 0.2) is 9.42 Å². The number of rotatable bonds is 7. The molecule has 1 N–H and O–H groups in total. The number of aromatic nitrogens is 1. The van der Waals surface area contributed by atoms with Crippen molar-refractivity contribution >= 4 is 10.0 Å². The smallest absolute Gasteiger partial charge is 0.245 e. The summed E-state index contributed by atoms with van der Waals surface area (Å²) in [6, 6.07) is 0. The topological polar surface area (TPSA) is 78.7 Å². The van der Waals surface area contributed by atoms with Crippen molar-refractivity contribution in [3.05, 3.63) is 11.5 Å². The molecule has 23 heavy (non-hydrogen) atoms. The van der Waals surface area contributed by atoms with Crippen LogP contribution >= 0.6 is 0 Å². The lowest BCUT2D eigenvalue weighted by molar-refractivity contribution is 0.125. The monoisotopic (exact) mass is 344 g/mol. The minimum Gasteiger partial charge on any atom is -0.360 e. The molecule has 1 saturated heterocycles. The molecule has 0 aromatic carbocycles. The van der Waals surface area contributed by atoms with Gasteiger partial charge in [-0.05, 0) is 26.3 Å². The number of nitrogens with one attached hydrogen (secondary N) is 1. The number of aryl methyl sites for hydroxylation is 2. The van der Waals surface area contributed by atoms with Crippen molar-refractivity contribution in [3.8, 4) is 0 Å². The van der Waals surface area contributed by atoms with Crippen LogP contribution in [-0.2, 0) is 10.0 Å². The summed E-state index contributed by atoms with van der Waals surface area (Å²) in [7, 11) is -3.56. The number of sulfonamides is 1. The molecule has 1 aliphatic rings. The second-order valence-electron chi connectivity index (χ2n) is 6.35. The van der Waals surface area contributed by atoms with Gasteiger partial charge in [-0.1, -0.05) is 19.0 Å². The summed E-state index contributed by atoms with van der Waals surface area (Å²) in [4.78, 5) is 5.00. The van der Waals surface area contributed by atoms with Gasteiger partial charge in [-0.25, -0.2) is 13.1 Å². The Labute approximate surface area is 139 Å². The molecule has 0 aliphatic carbocycles. The van der Waals surface area contributed by atoms with Crippen molar-refractivity contribution in [1.82, 2.24) is 19.7 Å². The summed E-state index contributed by atoms with van der Waals surface area (Å²) >= 11 is 0. The van der Waals surface area contributed by atoms with E-state index in [0.29, 0.717) is 18.0 Å². The largest absolute Gasteiger partial charge is 0.360 e. The molecule has 1 aromatic heterocycles. The molecule has 1 aliphatic heterocycles. The first-order valence-corrected chi connectivity index (χ1v) is 9.69. The van der Waals surface area contributed by atoms with E-state index in [4.69, 9.17) is 4.52 Å². The third-order valence-electron chi connectivity index (χ3n) is 4.34. The van der Waals surface area contributed by atoms with E-state index in [1.54, 1.807) is 13.8 Å². The van der Waals surface area contributed by atoms with Crippen LogP contribution in [0.1, 0.15) is 25.3 Å². The Morgan fingerprint density at radius 3 is 2.35 bits per heavy atom. The Morgan fingerprint density at radius 2 is 1.83 bits per heavy atom. The standard InChI is InChI=1S/C15H28N4O3S/c1-5-18-6-8-19(9-7-18)11-12(2)10-16-23(20,21)15-13(3)17-22-14(15)4/h12,16H,5-11H2,1-4H3. The van der Waals surface area contributed by atoms with Crippen molar-refractivity contribution in [2.45, 2.75) is 32.6 Å². The van der Waals surface area contributed by atoms with E-state index in [-0.39, 0.29) is 10.8 Å². The van der Waals surface area contributed by atoms with Gasteiger partial charge in [-0.15, -0.1) is 0 Å². The highest BCUT2D eigenvalue weighted by atomic mass is 32.2. The Kier molecular flexibility index (Phi) is 6.19. The van der Waals surface area contributed by atoms with Crippen LogP contribution in [0.25, 0.3) is 0 Å². The third kappa shape index (κ3) is 4.76. The van der Waals surface area contributed by atoms with E-state index < -0.39 is 10.0 Å². The van der Waals surface area contributed by atoms with Crippen LogP contribution < -0.4 is 4.72 Å². The zero-order chi connectivity index (χ0) is 17.0. The quantitative estimate of drug-likeness (QED) is 0.790. The van der Waals surface area contributed by atoms with Crippen molar-refractivity contribution in [2.24, 2.45) is 5.92 Å². The van der Waals surface area contributed by atoms with E-state index in [2.05, 4.69) is 33.5 Å². The second-order valence-corrected chi connectivity index (χ2v) is 8.05. The first kappa shape index (κ1) is 18.4. The Balaban J connectivity index is 1.83. The van der Waals surface area contributed by atoms with Crippen molar-refractivity contribution in [3.63, 3.8) is 0 Å². The van der Waals surface area contributed by atoms with E-state index in [1.807, 2.05) is 0 Å². The predicted octanol–water partition coefficient (Wildman–Crippen LogP) is 0.843. The predicted molar refractivity (Wildman–Crippen MR) is 88.9 cm³/mol. The SMILES string of the molecule is CCN1CCN(CC(C)CNS(=O)(=O)c2c(C)noc2C)CC1. The lowest BCUT2D eigenvalue weighted by Gasteiger charge is -2.35. The number of likely N-dealkylation sites (N-methyl/N-ethyl adjacent to an activating group) is 1. The fourth-order valence-corrected chi connectivity index (χ4v) is 4.47. The molecule has 2 rings (SSSR count). The minimum absolute atomic E-state index is 0.168. The number of hydrogen-bond donors (Lipinski definition) is 1. The molecule has 2 heterocycles. The Morgan fingerprint density at radius 1 is 1.22 bits per heavy atom. The molecule has 0 saturated carbocycles. The molecule has 1 fully saturated rings. The molecule has 0 amide bonds. The first-order valence-electron chi connectivity index (χ1n) is 8.20. The zero-order valence-electron chi connectivity index (χ0n) is 14.5. The normalized spacial score (nSPS) is 19.1. The van der Waals surface area contributed by atoms with E-state index in [0.717, 1.165) is 39.3 Å². The highest BCUT2D eigenvalue weighted by molar-refractivity contribution is 7.89. The molecule has 0 bridgehead atoms. The van der Waals surface area contributed by atoms with Gasteiger partial charge in [0.2, 0.25) is 10.0 Å². The van der Waals surface area contributed by atoms with Gasteiger partial charge in [0.05, 0.1) is 0 Å². The van der Waals surface area contributed by atoms with E-state index in [1.165, 1.54) is 0 Å². The Hall–Kier alpha value is -0.960. The van der Waals surface area contributed by atoms with Gasteiger partial charge >= 0.3 is 0 Å². The van der Waals surface area contributed by atoms with Crippen LogP contribution in [0.5, 0.6) is 0 Å². The molecular formula is C15H28N4O3S. The highest BCUT2D eigenvalue weighted by Crippen LogP contribution is 2.18. The molecule has 1 atom stereocenters. The van der Waals surface area contributed by atoms with Gasteiger partial charge in [0.25, 0.3) is 0 Å². The molecule has 132 valence electrons. The zero-order valence-corrected chi connectivity index (χ0v) is 15.3. The van der Waals surface area contributed by atoms with Gasteiger partial charge < -0.3 is 14.3 Å². The van der Waals surface area contributed by atoms with Crippen LogP contribution in [-0.4, -0.2) is 69.2 Å². The van der Waals surface area contributed by atoms with Crippen LogP contribution in [0.4, 0.5) is 0 Å². The minimum atomic E-state index is -3.56. The van der Waals surface area contributed by atoms with Crippen LogP contribution in [0.3, 0.4) is 0 Å². The lowest BCUT2D eigenvalue weighted by Crippen LogP contribution is -2.48. The molecule has 7 nitrogen and oxygen atoms in total. The molecule has 8 heteroatoms. The van der Waals surface area contributed by atoms with Gasteiger partial charge in [0.1, 0.15) is 10.6 Å². The van der Waals surface area contributed by atoms with E-state index >= 15 is 0 Å². The maximum Gasteiger partial charge on any atom is 0.245 e. The van der Waals surface area contributed by atoms with Gasteiger partial charge in [-0.3, -0.25) is 0 Å². The molecule has 0 spiro atoms. The number of piperazine rings is 1. The molecule has 1 aromatic rings. The maximum absolute atomic E-state index is 12.4. The fraction of sp³-hybridized carbons (Fsp3) is 0.800. The van der Waals surface area contributed by atoms with Crippen LogP contribution in [0.2, 0.25) is 0 Å². The van der Waals surface area contributed by atoms with Gasteiger partial charge in [-0.2, -0.15) is 0 Å². The molecule has 0 radical (unpaired) electrons. The van der Waals surface area contributed by atoms with Crippen molar-refractivity contribution in [2.75, 3.05) is 45.8 Å². The maximum atomic E-state index is 12.4. The first-order chi connectivity index (χ1) is 10.8. The third-order valence-corrected chi connectivity index (χ3v) is 6.01. The second kappa shape index (κ2) is 7.74. The summed E-state index contributed by atoms with van der Waals surface area (Å²) in [6.45, 7) is 14.2. The lowest BCUT2D eigenvalue weighted by atomic mass is 10.1. The number of nitrogens with zero attached hydrogens (tertiary/aromatic N) is 3. The molecular weight excluding hydrogens is 316 g/mol. The summed E-state index contributed by atoms with van der Waals surface area (Å²) < 4.78 is 32.4. The summed E-state index contributed by atoms with van der Waals surface area (Å²) in [5.74, 6) is 0.580. The summed E-state index contributed by atoms with van der Waals surface area (Å²) in [5.41, 5.74) is 0.401. The number of hydrogen-bond acceptors (Lipinski definition) is 6. The summed E-state index contributed by atoms with van der Waals surface area (Å²) in [5, 5.41) is 3.71. The molecule has 1 unspecified atom stereocenters. The highest BCUT2D eigenvalue weighted by Gasteiger charge is 2.25. The van der Waals surface area contributed by atoms with E-state index in [9.17, 15) is 8.42 Å². The van der Waals surface area contributed by atoms with Gasteiger partial charge in [0, 0.05) is 39.3 Å². The average Bonchev–Trinajstić information content (AvgIpc) is 2.86. The van der Waals surface area contributed by atoms with Crippen LogP contribution in [0, 0.1) is 19.8 Å². The fourth-order valence-electron chi connectivity index (χ4n) is 2.98. The average molecular weight is 344 g/mol. The summed E-state index contributed by atoms with van der Waals surface area (Å²) in [6.07, 6.45) is 0. The van der Waals surface area contributed by atoms with Crippen molar-refractivity contribution in [1.29, 1.82) is 0 Å². The Bertz CT molecular complexity index is 587. The van der Waals surface area contributed by atoms with Crippen molar-refractivity contribution < 1.29 is 12.9 Å². The van der Waals surface area contributed by atoms with Gasteiger partial charge in [0.15, 0.2) is 5.76 Å².